The maximum absolute atomic E-state index is 12.3. The minimum Gasteiger partial charge on any atom is -0.435 e. The topological polar surface area (TPSA) is 67.3 Å². The van der Waals surface area contributed by atoms with Crippen molar-refractivity contribution in [3.8, 4) is 5.75 Å². The Bertz CT molecular complexity index is 720. The molecular weight excluding hydrogens is 354 g/mol. The summed E-state index contributed by atoms with van der Waals surface area (Å²) in [5.74, 6) is 1.04. The highest BCUT2D eigenvalue weighted by Gasteiger charge is 2.25. The van der Waals surface area contributed by atoms with Gasteiger partial charge in [0, 0.05) is 37.9 Å². The molecule has 0 spiro atoms. The van der Waals surface area contributed by atoms with Gasteiger partial charge < -0.3 is 15.0 Å². The highest BCUT2D eigenvalue weighted by atomic mass is 19.3. The van der Waals surface area contributed by atoms with E-state index in [-0.39, 0.29) is 17.6 Å². The van der Waals surface area contributed by atoms with Gasteiger partial charge in [0.25, 0.3) is 0 Å². The highest BCUT2D eigenvalue weighted by Crippen LogP contribution is 2.21. The molecule has 0 saturated carbocycles. The molecule has 1 aliphatic rings. The number of halogens is 2. The molecule has 8 heteroatoms. The summed E-state index contributed by atoms with van der Waals surface area (Å²) < 4.78 is 28.6. The number of alkyl halides is 2. The summed E-state index contributed by atoms with van der Waals surface area (Å²) >= 11 is 0. The third-order valence-electron chi connectivity index (χ3n) is 4.60. The minimum atomic E-state index is -2.82. The van der Waals surface area contributed by atoms with E-state index in [9.17, 15) is 13.6 Å². The van der Waals surface area contributed by atoms with Crippen molar-refractivity contribution in [2.75, 3.05) is 24.5 Å². The number of amides is 1. The molecule has 1 aromatic carbocycles. The molecule has 1 N–H and O–H groups in total. The number of piperidine rings is 1. The summed E-state index contributed by atoms with van der Waals surface area (Å²) in [6.45, 7) is -0.751. The first-order chi connectivity index (χ1) is 13.1. The molecule has 0 radical (unpaired) electrons. The SMILES string of the molecule is O=C(NCCc1ccc(OC(F)F)cc1)C1CCN(c2cnccn2)CC1. The molecule has 2 aromatic rings. The van der Waals surface area contributed by atoms with Gasteiger partial charge in [-0.05, 0) is 37.0 Å². The first kappa shape index (κ1) is 19.0. The standard InChI is InChI=1S/C19H22F2N4O2/c20-19(21)27-16-3-1-14(2-4-16)5-8-24-18(26)15-6-11-25(12-7-15)17-13-22-9-10-23-17/h1-4,9-10,13,15,19H,5-8,11-12H2,(H,24,26). The molecule has 1 aromatic heterocycles. The van der Waals surface area contributed by atoms with E-state index in [0.717, 1.165) is 37.3 Å². The van der Waals surface area contributed by atoms with Crippen LogP contribution in [0.5, 0.6) is 5.75 Å². The molecule has 27 heavy (non-hydrogen) atoms. The normalized spacial score (nSPS) is 15.0. The lowest BCUT2D eigenvalue weighted by molar-refractivity contribution is -0.125. The van der Waals surface area contributed by atoms with Crippen LogP contribution in [-0.4, -0.2) is 42.1 Å². The van der Waals surface area contributed by atoms with E-state index in [2.05, 4.69) is 24.9 Å². The third kappa shape index (κ3) is 5.60. The van der Waals surface area contributed by atoms with Crippen LogP contribution in [0, 0.1) is 5.92 Å². The average molecular weight is 376 g/mol. The van der Waals surface area contributed by atoms with Crippen molar-refractivity contribution in [3.05, 3.63) is 48.4 Å². The van der Waals surface area contributed by atoms with Crippen molar-refractivity contribution in [2.45, 2.75) is 25.9 Å². The molecule has 1 aliphatic heterocycles. The number of carbonyl (C=O) groups excluding carboxylic acids is 1. The molecule has 1 amide bonds. The summed E-state index contributed by atoms with van der Waals surface area (Å²) in [6.07, 6.45) is 7.24. The van der Waals surface area contributed by atoms with Gasteiger partial charge in [0.05, 0.1) is 6.20 Å². The number of benzene rings is 1. The number of rotatable bonds is 7. The molecule has 6 nitrogen and oxygen atoms in total. The van der Waals surface area contributed by atoms with Gasteiger partial charge in [-0.1, -0.05) is 12.1 Å². The fraction of sp³-hybridized carbons (Fsp3) is 0.421. The Kier molecular flexibility index (Phi) is 6.51. The van der Waals surface area contributed by atoms with Crippen molar-refractivity contribution in [1.29, 1.82) is 0 Å². The molecule has 0 bridgehead atoms. The number of ether oxygens (including phenoxy) is 1. The van der Waals surface area contributed by atoms with E-state index in [0.29, 0.717) is 13.0 Å². The van der Waals surface area contributed by atoms with Crippen molar-refractivity contribution in [3.63, 3.8) is 0 Å². The van der Waals surface area contributed by atoms with Gasteiger partial charge in [-0.3, -0.25) is 9.78 Å². The second-order valence-electron chi connectivity index (χ2n) is 6.39. The van der Waals surface area contributed by atoms with Crippen molar-refractivity contribution >= 4 is 11.7 Å². The predicted octanol–water partition coefficient (Wildman–Crippen LogP) is 2.65. The van der Waals surface area contributed by atoms with E-state index >= 15 is 0 Å². The van der Waals surface area contributed by atoms with Crippen LogP contribution < -0.4 is 15.0 Å². The lowest BCUT2D eigenvalue weighted by Crippen LogP contribution is -2.41. The first-order valence-electron chi connectivity index (χ1n) is 8.94. The number of nitrogens with one attached hydrogen (secondary N) is 1. The smallest absolute Gasteiger partial charge is 0.387 e. The average Bonchev–Trinajstić information content (AvgIpc) is 2.69. The van der Waals surface area contributed by atoms with Crippen LogP contribution in [0.4, 0.5) is 14.6 Å². The second kappa shape index (κ2) is 9.25. The zero-order chi connectivity index (χ0) is 19.1. The van der Waals surface area contributed by atoms with Gasteiger partial charge in [-0.15, -0.1) is 0 Å². The quantitative estimate of drug-likeness (QED) is 0.805. The van der Waals surface area contributed by atoms with E-state index in [1.54, 1.807) is 30.7 Å². The van der Waals surface area contributed by atoms with Gasteiger partial charge in [0.15, 0.2) is 0 Å². The Morgan fingerprint density at radius 1 is 1.22 bits per heavy atom. The number of nitrogens with zero attached hydrogens (tertiary/aromatic N) is 3. The van der Waals surface area contributed by atoms with Crippen LogP contribution >= 0.6 is 0 Å². The third-order valence-corrected chi connectivity index (χ3v) is 4.60. The molecular formula is C19H22F2N4O2. The minimum absolute atomic E-state index is 0.000241. The Balaban J connectivity index is 1.39. The predicted molar refractivity (Wildman–Crippen MR) is 96.8 cm³/mol. The molecule has 0 atom stereocenters. The second-order valence-corrected chi connectivity index (χ2v) is 6.39. The monoisotopic (exact) mass is 376 g/mol. The molecule has 1 saturated heterocycles. The van der Waals surface area contributed by atoms with Crippen LogP contribution in [0.3, 0.4) is 0 Å². The van der Waals surface area contributed by atoms with Gasteiger partial charge in [-0.2, -0.15) is 8.78 Å². The van der Waals surface area contributed by atoms with E-state index < -0.39 is 6.61 Å². The van der Waals surface area contributed by atoms with Crippen LogP contribution in [0.15, 0.2) is 42.9 Å². The fourth-order valence-electron chi connectivity index (χ4n) is 3.14. The van der Waals surface area contributed by atoms with Crippen LogP contribution in [0.1, 0.15) is 18.4 Å². The van der Waals surface area contributed by atoms with Gasteiger partial charge in [0.2, 0.25) is 5.91 Å². The number of anilines is 1. The van der Waals surface area contributed by atoms with Gasteiger partial charge >= 0.3 is 6.61 Å². The largest absolute Gasteiger partial charge is 0.435 e. The summed E-state index contributed by atoms with van der Waals surface area (Å²) in [5.41, 5.74) is 0.953. The highest BCUT2D eigenvalue weighted by molar-refractivity contribution is 5.79. The van der Waals surface area contributed by atoms with E-state index in [4.69, 9.17) is 0 Å². The summed E-state index contributed by atoms with van der Waals surface area (Å²) in [6, 6.07) is 6.46. The Labute approximate surface area is 156 Å². The lowest BCUT2D eigenvalue weighted by Gasteiger charge is -2.31. The zero-order valence-corrected chi connectivity index (χ0v) is 14.9. The van der Waals surface area contributed by atoms with Crippen molar-refractivity contribution in [1.82, 2.24) is 15.3 Å². The zero-order valence-electron chi connectivity index (χ0n) is 14.9. The van der Waals surface area contributed by atoms with E-state index in [1.165, 1.54) is 12.1 Å². The Morgan fingerprint density at radius 3 is 2.59 bits per heavy atom. The van der Waals surface area contributed by atoms with Crippen molar-refractivity contribution < 1.29 is 18.3 Å². The summed E-state index contributed by atoms with van der Waals surface area (Å²) in [7, 11) is 0. The lowest BCUT2D eigenvalue weighted by atomic mass is 9.96. The molecule has 0 unspecified atom stereocenters. The number of hydrogen-bond donors (Lipinski definition) is 1. The van der Waals surface area contributed by atoms with Gasteiger partial charge in [0.1, 0.15) is 11.6 Å². The molecule has 0 aliphatic carbocycles. The molecule has 144 valence electrons. The number of carbonyl (C=O) groups is 1. The maximum atomic E-state index is 12.3. The summed E-state index contributed by atoms with van der Waals surface area (Å²) in [5, 5.41) is 2.97. The van der Waals surface area contributed by atoms with Crippen LogP contribution in [0.2, 0.25) is 0 Å². The molecule has 2 heterocycles. The fourth-order valence-corrected chi connectivity index (χ4v) is 3.14. The number of aromatic nitrogens is 2. The van der Waals surface area contributed by atoms with Gasteiger partial charge in [-0.25, -0.2) is 4.98 Å². The Hall–Kier alpha value is -2.77. The Morgan fingerprint density at radius 2 is 1.96 bits per heavy atom. The molecule has 1 fully saturated rings. The van der Waals surface area contributed by atoms with E-state index in [1.807, 2.05) is 0 Å². The first-order valence-corrected chi connectivity index (χ1v) is 8.94. The van der Waals surface area contributed by atoms with Crippen molar-refractivity contribution in [2.24, 2.45) is 5.92 Å². The molecule has 3 rings (SSSR count). The maximum Gasteiger partial charge on any atom is 0.387 e. The van der Waals surface area contributed by atoms with Crippen LogP contribution in [0.25, 0.3) is 0 Å². The van der Waals surface area contributed by atoms with Crippen LogP contribution in [-0.2, 0) is 11.2 Å². The summed E-state index contributed by atoms with van der Waals surface area (Å²) in [4.78, 5) is 22.8. The number of hydrogen-bond acceptors (Lipinski definition) is 5.